The van der Waals surface area contributed by atoms with Crippen molar-refractivity contribution in [3.8, 4) is 28.6 Å². The van der Waals surface area contributed by atoms with Gasteiger partial charge in [0.1, 0.15) is 4.90 Å². The number of fused-ring (bicyclic) bond motifs is 1. The predicted octanol–water partition coefficient (Wildman–Crippen LogP) is 3.15. The third kappa shape index (κ3) is 4.06. The standard InChI is InChI=1S/C23H21N5O4S/c1-15-23(33(29,30)24-13-17-8-10-20-21(12-17)32-14-31-20)16(2)28(27-15)22-11-9-19(25-26-22)18-6-4-3-5-7-18/h3-12,24H,13-14H2,1-2H3. The summed E-state index contributed by atoms with van der Waals surface area (Å²) in [7, 11) is -3.83. The molecule has 168 valence electrons. The van der Waals surface area contributed by atoms with E-state index in [0.717, 1.165) is 16.8 Å². The lowest BCUT2D eigenvalue weighted by Crippen LogP contribution is -2.24. The molecule has 0 atom stereocenters. The molecule has 0 unspecified atom stereocenters. The van der Waals surface area contributed by atoms with Crippen molar-refractivity contribution >= 4 is 10.0 Å². The molecule has 1 N–H and O–H groups in total. The third-order valence-electron chi connectivity index (χ3n) is 5.33. The summed E-state index contributed by atoms with van der Waals surface area (Å²) >= 11 is 0. The van der Waals surface area contributed by atoms with Gasteiger partial charge in [0, 0.05) is 12.1 Å². The topological polar surface area (TPSA) is 108 Å². The summed E-state index contributed by atoms with van der Waals surface area (Å²) in [5, 5.41) is 12.9. The van der Waals surface area contributed by atoms with Crippen LogP contribution in [0.25, 0.3) is 17.1 Å². The van der Waals surface area contributed by atoms with E-state index in [1.54, 1.807) is 38.1 Å². The van der Waals surface area contributed by atoms with Crippen LogP contribution >= 0.6 is 0 Å². The fourth-order valence-corrected chi connectivity index (χ4v) is 5.15. The highest BCUT2D eigenvalue weighted by Gasteiger charge is 2.26. The smallest absolute Gasteiger partial charge is 0.244 e. The third-order valence-corrected chi connectivity index (χ3v) is 6.99. The van der Waals surface area contributed by atoms with Crippen LogP contribution in [0.2, 0.25) is 0 Å². The molecule has 10 heteroatoms. The van der Waals surface area contributed by atoms with E-state index in [1.165, 1.54) is 4.68 Å². The van der Waals surface area contributed by atoms with Gasteiger partial charge in [0.25, 0.3) is 0 Å². The van der Waals surface area contributed by atoms with Crippen LogP contribution in [0.15, 0.2) is 65.6 Å². The fraction of sp³-hybridized carbons (Fsp3) is 0.174. The van der Waals surface area contributed by atoms with Crippen molar-refractivity contribution in [2.24, 2.45) is 0 Å². The quantitative estimate of drug-likeness (QED) is 0.468. The maximum absolute atomic E-state index is 13.1. The van der Waals surface area contributed by atoms with Gasteiger partial charge in [-0.15, -0.1) is 10.2 Å². The van der Waals surface area contributed by atoms with E-state index >= 15 is 0 Å². The summed E-state index contributed by atoms with van der Waals surface area (Å²) in [4.78, 5) is 0.122. The van der Waals surface area contributed by atoms with Gasteiger partial charge in [0.15, 0.2) is 17.3 Å². The molecule has 1 aliphatic rings. The predicted molar refractivity (Wildman–Crippen MR) is 121 cm³/mol. The molecule has 33 heavy (non-hydrogen) atoms. The minimum atomic E-state index is -3.83. The van der Waals surface area contributed by atoms with Crippen LogP contribution in [0.3, 0.4) is 0 Å². The Morgan fingerprint density at radius 2 is 1.76 bits per heavy atom. The van der Waals surface area contributed by atoms with Crippen molar-refractivity contribution in [3.63, 3.8) is 0 Å². The highest BCUT2D eigenvalue weighted by molar-refractivity contribution is 7.89. The van der Waals surface area contributed by atoms with Gasteiger partial charge in [-0.05, 0) is 43.7 Å². The van der Waals surface area contributed by atoms with E-state index in [0.29, 0.717) is 28.7 Å². The molecular weight excluding hydrogens is 442 g/mol. The second-order valence-corrected chi connectivity index (χ2v) is 9.27. The number of hydrogen-bond donors (Lipinski definition) is 1. The molecule has 0 saturated heterocycles. The van der Waals surface area contributed by atoms with Crippen LogP contribution in [-0.4, -0.2) is 35.2 Å². The Hall–Kier alpha value is -3.76. The van der Waals surface area contributed by atoms with Crippen LogP contribution in [0.4, 0.5) is 0 Å². The van der Waals surface area contributed by atoms with Crippen LogP contribution in [-0.2, 0) is 16.6 Å². The lowest BCUT2D eigenvalue weighted by molar-refractivity contribution is 0.174. The van der Waals surface area contributed by atoms with Crippen molar-refractivity contribution in [2.45, 2.75) is 25.3 Å². The number of benzene rings is 2. The van der Waals surface area contributed by atoms with Crippen molar-refractivity contribution in [3.05, 3.63) is 77.6 Å². The maximum Gasteiger partial charge on any atom is 0.244 e. The Bertz CT molecular complexity index is 1420. The fourth-order valence-electron chi connectivity index (χ4n) is 3.74. The monoisotopic (exact) mass is 463 g/mol. The Labute approximate surface area is 191 Å². The summed E-state index contributed by atoms with van der Waals surface area (Å²) in [6.07, 6.45) is 0. The number of ether oxygens (including phenoxy) is 2. The SMILES string of the molecule is Cc1nn(-c2ccc(-c3ccccc3)nn2)c(C)c1S(=O)(=O)NCc1ccc2c(c1)OCO2. The van der Waals surface area contributed by atoms with E-state index in [9.17, 15) is 8.42 Å². The minimum Gasteiger partial charge on any atom is -0.454 e. The first-order valence-corrected chi connectivity index (χ1v) is 11.7. The molecule has 2 aromatic heterocycles. The van der Waals surface area contributed by atoms with E-state index in [4.69, 9.17) is 9.47 Å². The molecule has 9 nitrogen and oxygen atoms in total. The Kier molecular flexibility index (Phi) is 5.31. The van der Waals surface area contributed by atoms with Gasteiger partial charge in [0.2, 0.25) is 16.8 Å². The molecule has 0 bridgehead atoms. The largest absolute Gasteiger partial charge is 0.454 e. The van der Waals surface area contributed by atoms with E-state index < -0.39 is 10.0 Å². The summed E-state index contributed by atoms with van der Waals surface area (Å²) in [6.45, 7) is 3.62. The average Bonchev–Trinajstić information content (AvgIpc) is 3.42. The molecule has 0 amide bonds. The Morgan fingerprint density at radius 1 is 0.970 bits per heavy atom. The lowest BCUT2D eigenvalue weighted by Gasteiger charge is -2.09. The van der Waals surface area contributed by atoms with E-state index in [2.05, 4.69) is 20.0 Å². The maximum atomic E-state index is 13.1. The Balaban J connectivity index is 1.39. The second-order valence-electron chi connectivity index (χ2n) is 7.57. The molecule has 0 fully saturated rings. The molecule has 1 aliphatic heterocycles. The number of aromatic nitrogens is 4. The first-order chi connectivity index (χ1) is 15.9. The molecule has 0 radical (unpaired) electrons. The van der Waals surface area contributed by atoms with Crippen molar-refractivity contribution in [2.75, 3.05) is 6.79 Å². The molecule has 3 heterocycles. The molecule has 0 spiro atoms. The second kappa shape index (κ2) is 8.30. The highest BCUT2D eigenvalue weighted by atomic mass is 32.2. The van der Waals surface area contributed by atoms with Crippen molar-refractivity contribution < 1.29 is 17.9 Å². The van der Waals surface area contributed by atoms with Gasteiger partial charge >= 0.3 is 0 Å². The van der Waals surface area contributed by atoms with Gasteiger partial charge in [-0.1, -0.05) is 36.4 Å². The summed E-state index contributed by atoms with van der Waals surface area (Å²) < 4.78 is 41.0. The van der Waals surface area contributed by atoms with Gasteiger partial charge in [-0.2, -0.15) is 5.10 Å². The normalized spacial score (nSPS) is 12.8. The number of sulfonamides is 1. The first-order valence-electron chi connectivity index (χ1n) is 10.3. The van der Waals surface area contributed by atoms with Crippen LogP contribution in [0.1, 0.15) is 17.0 Å². The van der Waals surface area contributed by atoms with E-state index in [-0.39, 0.29) is 18.2 Å². The van der Waals surface area contributed by atoms with Crippen LogP contribution in [0.5, 0.6) is 11.5 Å². The van der Waals surface area contributed by atoms with Crippen molar-refractivity contribution in [1.29, 1.82) is 0 Å². The highest BCUT2D eigenvalue weighted by Crippen LogP contribution is 2.32. The lowest BCUT2D eigenvalue weighted by atomic mass is 10.1. The summed E-state index contributed by atoms with van der Waals surface area (Å²) in [5.74, 6) is 1.69. The minimum absolute atomic E-state index is 0.106. The van der Waals surface area contributed by atoms with E-state index in [1.807, 2.05) is 36.4 Å². The molecular formula is C23H21N5O4S. The van der Waals surface area contributed by atoms with Gasteiger partial charge in [-0.25, -0.2) is 17.8 Å². The zero-order valence-corrected chi connectivity index (χ0v) is 18.8. The first kappa shape index (κ1) is 21.1. The van der Waals surface area contributed by atoms with Crippen LogP contribution in [0, 0.1) is 13.8 Å². The van der Waals surface area contributed by atoms with Gasteiger partial charge in [0.05, 0.1) is 17.1 Å². The number of aryl methyl sites for hydroxylation is 1. The number of nitrogens with one attached hydrogen (secondary N) is 1. The molecule has 4 aromatic rings. The zero-order chi connectivity index (χ0) is 23.0. The van der Waals surface area contributed by atoms with Gasteiger partial charge in [-0.3, -0.25) is 0 Å². The van der Waals surface area contributed by atoms with Crippen molar-refractivity contribution in [1.82, 2.24) is 24.7 Å². The molecule has 5 rings (SSSR count). The molecule has 2 aromatic carbocycles. The number of nitrogens with zero attached hydrogens (tertiary/aromatic N) is 4. The Morgan fingerprint density at radius 3 is 2.52 bits per heavy atom. The molecule has 0 saturated carbocycles. The molecule has 0 aliphatic carbocycles. The van der Waals surface area contributed by atoms with Gasteiger partial charge < -0.3 is 9.47 Å². The summed E-state index contributed by atoms with van der Waals surface area (Å²) in [5.41, 5.74) is 3.25. The zero-order valence-electron chi connectivity index (χ0n) is 18.0. The number of hydrogen-bond acceptors (Lipinski definition) is 7. The summed E-state index contributed by atoms with van der Waals surface area (Å²) in [6, 6.07) is 18.6. The average molecular weight is 464 g/mol. The van der Waals surface area contributed by atoms with Crippen LogP contribution < -0.4 is 14.2 Å². The number of rotatable bonds is 6.